The van der Waals surface area contributed by atoms with Crippen LogP contribution in [0.2, 0.25) is 0 Å². The Labute approximate surface area is 195 Å². The molecule has 0 radical (unpaired) electrons. The molecule has 2 aromatic rings. The second-order valence-electron chi connectivity index (χ2n) is 8.54. The van der Waals surface area contributed by atoms with Gasteiger partial charge in [0.2, 0.25) is 11.8 Å². The lowest BCUT2D eigenvalue weighted by Gasteiger charge is -2.26. The Balaban J connectivity index is 1.54. The molecule has 7 heteroatoms. The first-order valence-electron chi connectivity index (χ1n) is 11.5. The minimum absolute atomic E-state index is 0.141. The largest absolute Gasteiger partial charge is 0.468 e. The van der Waals surface area contributed by atoms with Gasteiger partial charge >= 0.3 is 5.97 Å². The second-order valence-corrected chi connectivity index (χ2v) is 8.54. The molecule has 0 bridgehead atoms. The normalized spacial score (nSPS) is 14.3. The summed E-state index contributed by atoms with van der Waals surface area (Å²) in [6.45, 7) is 4.11. The Kier molecular flexibility index (Phi) is 8.46. The number of benzene rings is 1. The van der Waals surface area contributed by atoms with E-state index >= 15 is 0 Å². The fourth-order valence-corrected chi connectivity index (χ4v) is 4.42. The minimum Gasteiger partial charge on any atom is -0.468 e. The number of nitrogens with zero attached hydrogens (tertiary/aromatic N) is 1. The second kappa shape index (κ2) is 11.5. The van der Waals surface area contributed by atoms with Gasteiger partial charge in [-0.1, -0.05) is 31.4 Å². The van der Waals surface area contributed by atoms with Crippen molar-refractivity contribution in [2.45, 2.75) is 58.4 Å². The number of esters is 1. The molecule has 1 aromatic heterocycles. The Morgan fingerprint density at radius 3 is 2.45 bits per heavy atom. The first-order valence-corrected chi connectivity index (χ1v) is 11.5. The van der Waals surface area contributed by atoms with E-state index in [2.05, 4.69) is 39.9 Å². The molecule has 0 unspecified atom stereocenters. The van der Waals surface area contributed by atoms with Crippen molar-refractivity contribution < 1.29 is 19.1 Å². The van der Waals surface area contributed by atoms with E-state index in [1.807, 2.05) is 6.08 Å². The quantitative estimate of drug-likeness (QED) is 0.467. The number of hydrogen-bond acceptors (Lipinski definition) is 4. The molecule has 2 N–H and O–H groups in total. The molecule has 7 nitrogen and oxygen atoms in total. The number of rotatable bonds is 8. The highest BCUT2D eigenvalue weighted by Crippen LogP contribution is 2.32. The van der Waals surface area contributed by atoms with Gasteiger partial charge < -0.3 is 19.9 Å². The molecule has 176 valence electrons. The van der Waals surface area contributed by atoms with Crippen LogP contribution in [0, 0.1) is 13.8 Å². The number of amides is 2. The molecule has 0 aliphatic heterocycles. The lowest BCUT2D eigenvalue weighted by Crippen LogP contribution is -2.31. The topological polar surface area (TPSA) is 89.4 Å². The van der Waals surface area contributed by atoms with E-state index in [-0.39, 0.29) is 24.8 Å². The number of carbonyl (C=O) groups excluding carboxylic acids is 3. The van der Waals surface area contributed by atoms with E-state index in [0.29, 0.717) is 11.7 Å². The Morgan fingerprint density at radius 2 is 1.79 bits per heavy atom. The maximum Gasteiger partial charge on any atom is 0.325 e. The van der Waals surface area contributed by atoms with Crippen LogP contribution >= 0.6 is 0 Å². The van der Waals surface area contributed by atoms with Gasteiger partial charge in [-0.15, -0.1) is 0 Å². The summed E-state index contributed by atoms with van der Waals surface area (Å²) in [4.78, 5) is 35.4. The van der Waals surface area contributed by atoms with E-state index in [1.54, 1.807) is 30.3 Å². The summed E-state index contributed by atoms with van der Waals surface area (Å²) in [6.07, 6.45) is 9.91. The first-order chi connectivity index (χ1) is 15.9. The molecule has 3 rings (SSSR count). The van der Waals surface area contributed by atoms with Crippen LogP contribution in [0.4, 0.5) is 5.69 Å². The lowest BCUT2D eigenvalue weighted by atomic mass is 9.95. The Hall–Kier alpha value is -3.35. The molecule has 1 aliphatic rings. The van der Waals surface area contributed by atoms with Crippen molar-refractivity contribution in [1.82, 2.24) is 9.88 Å². The van der Waals surface area contributed by atoms with Crippen LogP contribution in [0.25, 0.3) is 6.08 Å². The monoisotopic (exact) mass is 451 g/mol. The molecule has 0 spiro atoms. The molecule has 1 aliphatic carbocycles. The summed E-state index contributed by atoms with van der Waals surface area (Å²) in [5.74, 6) is -0.975. The molecule has 1 saturated carbocycles. The summed E-state index contributed by atoms with van der Waals surface area (Å²) in [5, 5.41) is 5.35. The van der Waals surface area contributed by atoms with Crippen molar-refractivity contribution >= 4 is 29.5 Å². The van der Waals surface area contributed by atoms with Crippen LogP contribution in [0.5, 0.6) is 0 Å². The summed E-state index contributed by atoms with van der Waals surface area (Å²) in [6, 6.07) is 9.76. The third-order valence-electron chi connectivity index (χ3n) is 6.12. The third kappa shape index (κ3) is 6.81. The highest BCUT2D eigenvalue weighted by atomic mass is 16.5. The average Bonchev–Trinajstić information content (AvgIpc) is 3.10. The SMILES string of the molecule is COC(=O)CNC(=O)Cc1ccc(NC(=O)/C=C/c2cc(C)n(C3CCCCC3)c2C)cc1. The van der Waals surface area contributed by atoms with Gasteiger partial charge in [0.25, 0.3) is 0 Å². The van der Waals surface area contributed by atoms with Crippen LogP contribution < -0.4 is 10.6 Å². The van der Waals surface area contributed by atoms with Crippen LogP contribution in [0.15, 0.2) is 36.4 Å². The van der Waals surface area contributed by atoms with Gasteiger partial charge in [-0.05, 0) is 62.1 Å². The summed E-state index contributed by atoms with van der Waals surface area (Å²) < 4.78 is 6.92. The van der Waals surface area contributed by atoms with Crippen molar-refractivity contribution in [3.63, 3.8) is 0 Å². The fourth-order valence-electron chi connectivity index (χ4n) is 4.42. The number of anilines is 1. The van der Waals surface area contributed by atoms with Crippen molar-refractivity contribution in [2.24, 2.45) is 0 Å². The third-order valence-corrected chi connectivity index (χ3v) is 6.12. The predicted molar refractivity (Wildman–Crippen MR) is 129 cm³/mol. The standard InChI is InChI=1S/C26H33N3O4/c1-18-15-21(19(2)29(18)23-7-5-4-6-8-23)11-14-24(30)28-22-12-9-20(10-13-22)16-25(31)27-17-26(32)33-3/h9-15,23H,4-8,16-17H2,1-3H3,(H,27,31)(H,28,30)/b14-11+. The van der Waals surface area contributed by atoms with Crippen LogP contribution in [-0.4, -0.2) is 36.0 Å². The van der Waals surface area contributed by atoms with Gasteiger partial charge in [-0.2, -0.15) is 0 Å². The van der Waals surface area contributed by atoms with Crippen LogP contribution in [-0.2, 0) is 25.5 Å². The highest BCUT2D eigenvalue weighted by molar-refractivity contribution is 6.02. The van der Waals surface area contributed by atoms with Gasteiger partial charge in [-0.25, -0.2) is 0 Å². The molecule has 33 heavy (non-hydrogen) atoms. The van der Waals surface area contributed by atoms with Crippen molar-refractivity contribution in [1.29, 1.82) is 0 Å². The van der Waals surface area contributed by atoms with E-state index in [0.717, 1.165) is 11.1 Å². The molecule has 0 atom stereocenters. The van der Waals surface area contributed by atoms with Gasteiger partial charge in [0.1, 0.15) is 6.54 Å². The summed E-state index contributed by atoms with van der Waals surface area (Å²) in [5.41, 5.74) is 4.95. The fraction of sp³-hybridized carbons (Fsp3) is 0.423. The zero-order chi connectivity index (χ0) is 23.8. The Morgan fingerprint density at radius 1 is 1.09 bits per heavy atom. The number of aryl methyl sites for hydroxylation is 1. The number of methoxy groups -OCH3 is 1. The first kappa shape index (κ1) is 24.3. The zero-order valence-corrected chi connectivity index (χ0v) is 19.6. The van der Waals surface area contributed by atoms with E-state index < -0.39 is 5.97 Å². The zero-order valence-electron chi connectivity index (χ0n) is 19.6. The molecule has 1 heterocycles. The maximum absolute atomic E-state index is 12.4. The number of ether oxygens (including phenoxy) is 1. The van der Waals surface area contributed by atoms with Crippen molar-refractivity contribution in [3.8, 4) is 0 Å². The Bertz CT molecular complexity index is 1010. The number of carbonyl (C=O) groups is 3. The molecular weight excluding hydrogens is 418 g/mol. The van der Waals surface area contributed by atoms with Gasteiger partial charge in [0.05, 0.1) is 13.5 Å². The molecule has 1 fully saturated rings. The molecule has 2 amide bonds. The van der Waals surface area contributed by atoms with E-state index in [4.69, 9.17) is 0 Å². The van der Waals surface area contributed by atoms with E-state index in [9.17, 15) is 14.4 Å². The molecule has 0 saturated heterocycles. The smallest absolute Gasteiger partial charge is 0.325 e. The molecule has 1 aromatic carbocycles. The lowest BCUT2D eigenvalue weighted by molar-refractivity contribution is -0.141. The minimum atomic E-state index is -0.495. The van der Waals surface area contributed by atoms with Crippen LogP contribution in [0.1, 0.15) is 60.7 Å². The molecular formula is C26H33N3O4. The number of hydrogen-bond donors (Lipinski definition) is 2. The number of aromatic nitrogens is 1. The van der Waals surface area contributed by atoms with Crippen molar-refractivity contribution in [3.05, 3.63) is 58.9 Å². The summed E-state index contributed by atoms with van der Waals surface area (Å²) >= 11 is 0. The maximum atomic E-state index is 12.4. The average molecular weight is 452 g/mol. The van der Waals surface area contributed by atoms with Gasteiger partial charge in [0, 0.05) is 29.2 Å². The van der Waals surface area contributed by atoms with Gasteiger partial charge in [-0.3, -0.25) is 14.4 Å². The number of nitrogens with one attached hydrogen (secondary N) is 2. The van der Waals surface area contributed by atoms with Crippen molar-refractivity contribution in [2.75, 3.05) is 19.0 Å². The predicted octanol–water partition coefficient (Wildman–Crippen LogP) is 4.09. The van der Waals surface area contributed by atoms with Crippen LogP contribution in [0.3, 0.4) is 0 Å². The summed E-state index contributed by atoms with van der Waals surface area (Å²) in [7, 11) is 1.27. The highest BCUT2D eigenvalue weighted by Gasteiger charge is 2.19. The van der Waals surface area contributed by atoms with Gasteiger partial charge in [0.15, 0.2) is 0 Å². The van der Waals surface area contributed by atoms with E-state index in [1.165, 1.54) is 50.6 Å².